The topological polar surface area (TPSA) is 85.8 Å². The number of nitrogen functional groups attached to an aromatic ring is 1. The van der Waals surface area contributed by atoms with E-state index in [0.29, 0.717) is 5.16 Å². The fourth-order valence-electron chi connectivity index (χ4n) is 2.22. The molecule has 0 radical (unpaired) electrons. The highest BCUT2D eigenvalue weighted by atomic mass is 32.2. The number of nitrogens with zero attached hydrogens (tertiary/aromatic N) is 3. The number of aromatic nitrogens is 3. The highest BCUT2D eigenvalue weighted by Crippen LogP contribution is 2.39. The number of amides is 1. The van der Waals surface area contributed by atoms with Crippen molar-refractivity contribution in [1.29, 1.82) is 0 Å². The lowest BCUT2D eigenvalue weighted by atomic mass is 10.1. The number of nitrogens with one attached hydrogen (secondary N) is 1. The van der Waals surface area contributed by atoms with Gasteiger partial charge in [-0.1, -0.05) is 23.9 Å². The van der Waals surface area contributed by atoms with Crippen molar-refractivity contribution in [3.63, 3.8) is 0 Å². The summed E-state index contributed by atoms with van der Waals surface area (Å²) in [5.41, 5.74) is 4.58. The monoisotopic (exact) mass is 357 g/mol. The molecule has 0 aliphatic heterocycles. The standard InChI is InChI=1S/C14H14F3N5OS/c15-14(16,17)9-3-1-2-4-10(9)19-11(23)7-24-13-21-20-12(18)22(13)8-5-6-8/h1-4,8H,5-7H2,(H2,18,20)(H,19,23). The largest absolute Gasteiger partial charge is 0.418 e. The quantitative estimate of drug-likeness (QED) is 0.804. The van der Waals surface area contributed by atoms with E-state index in [9.17, 15) is 18.0 Å². The second-order valence-corrected chi connectivity index (χ2v) is 6.26. The third-order valence-electron chi connectivity index (χ3n) is 3.44. The smallest absolute Gasteiger partial charge is 0.368 e. The first kappa shape index (κ1) is 16.6. The summed E-state index contributed by atoms with van der Waals surface area (Å²) in [5.74, 6) is -0.361. The molecule has 0 unspecified atom stereocenters. The Kier molecular flexibility index (Phi) is 4.39. The third-order valence-corrected chi connectivity index (χ3v) is 4.38. The summed E-state index contributed by atoms with van der Waals surface area (Å²) in [5, 5.41) is 10.5. The summed E-state index contributed by atoms with van der Waals surface area (Å²) in [7, 11) is 0. The van der Waals surface area contributed by atoms with Crippen LogP contribution in [0.4, 0.5) is 24.8 Å². The van der Waals surface area contributed by atoms with Crippen LogP contribution in [0.3, 0.4) is 0 Å². The molecule has 1 aliphatic carbocycles. The molecule has 128 valence electrons. The first-order valence-corrected chi connectivity index (χ1v) is 8.14. The lowest BCUT2D eigenvalue weighted by Crippen LogP contribution is -2.18. The second-order valence-electron chi connectivity index (χ2n) is 5.32. The predicted molar refractivity (Wildman–Crippen MR) is 83.5 cm³/mol. The molecule has 1 aromatic carbocycles. The van der Waals surface area contributed by atoms with Crippen LogP contribution in [0, 0.1) is 0 Å². The van der Waals surface area contributed by atoms with Crippen molar-refractivity contribution >= 4 is 29.3 Å². The van der Waals surface area contributed by atoms with Gasteiger partial charge in [-0.25, -0.2) is 0 Å². The summed E-state index contributed by atoms with van der Waals surface area (Å²) >= 11 is 1.09. The van der Waals surface area contributed by atoms with Crippen LogP contribution < -0.4 is 11.1 Å². The van der Waals surface area contributed by atoms with Crippen LogP contribution in [-0.4, -0.2) is 26.4 Å². The maximum Gasteiger partial charge on any atom is 0.418 e. The molecule has 10 heteroatoms. The van der Waals surface area contributed by atoms with E-state index in [1.165, 1.54) is 18.2 Å². The number of rotatable bonds is 5. The predicted octanol–water partition coefficient (Wildman–Crippen LogP) is 2.94. The minimum atomic E-state index is -4.53. The molecule has 1 aliphatic rings. The van der Waals surface area contributed by atoms with Gasteiger partial charge in [-0.05, 0) is 25.0 Å². The fraction of sp³-hybridized carbons (Fsp3) is 0.357. The first-order chi connectivity index (χ1) is 11.4. The van der Waals surface area contributed by atoms with E-state index in [4.69, 9.17) is 5.73 Å². The van der Waals surface area contributed by atoms with Crippen molar-refractivity contribution < 1.29 is 18.0 Å². The van der Waals surface area contributed by atoms with E-state index in [1.54, 1.807) is 4.57 Å². The Labute approximate surface area is 139 Å². The minimum Gasteiger partial charge on any atom is -0.368 e. The molecule has 24 heavy (non-hydrogen) atoms. The number of para-hydroxylation sites is 1. The van der Waals surface area contributed by atoms with Crippen LogP contribution in [0.15, 0.2) is 29.4 Å². The molecule has 3 N–H and O–H groups in total. The van der Waals surface area contributed by atoms with Crippen LogP contribution in [0.5, 0.6) is 0 Å². The van der Waals surface area contributed by atoms with E-state index >= 15 is 0 Å². The molecule has 2 aromatic rings. The Morgan fingerprint density at radius 3 is 2.71 bits per heavy atom. The number of hydrogen-bond acceptors (Lipinski definition) is 5. The average molecular weight is 357 g/mol. The molecule has 1 heterocycles. The number of benzene rings is 1. The zero-order valence-corrected chi connectivity index (χ0v) is 13.2. The Bertz CT molecular complexity index is 757. The Morgan fingerprint density at radius 1 is 1.33 bits per heavy atom. The molecule has 6 nitrogen and oxygen atoms in total. The Hall–Kier alpha value is -2.23. The normalized spacial score (nSPS) is 14.6. The van der Waals surface area contributed by atoms with Gasteiger partial charge in [0.05, 0.1) is 17.0 Å². The minimum absolute atomic E-state index is 0.0863. The van der Waals surface area contributed by atoms with E-state index in [0.717, 1.165) is 30.7 Å². The number of hydrogen-bond donors (Lipinski definition) is 2. The SMILES string of the molecule is Nc1nnc(SCC(=O)Nc2ccccc2C(F)(F)F)n1C1CC1. The van der Waals surface area contributed by atoms with Gasteiger partial charge in [-0.2, -0.15) is 13.2 Å². The lowest BCUT2D eigenvalue weighted by Gasteiger charge is -2.13. The van der Waals surface area contributed by atoms with Crippen molar-refractivity contribution in [2.75, 3.05) is 16.8 Å². The van der Waals surface area contributed by atoms with E-state index in [1.807, 2.05) is 0 Å². The van der Waals surface area contributed by atoms with Gasteiger partial charge in [0.25, 0.3) is 0 Å². The maximum atomic E-state index is 12.9. The number of halogens is 3. The van der Waals surface area contributed by atoms with Gasteiger partial charge in [0, 0.05) is 6.04 Å². The zero-order chi connectivity index (χ0) is 17.3. The van der Waals surface area contributed by atoms with Gasteiger partial charge in [0.1, 0.15) is 0 Å². The van der Waals surface area contributed by atoms with E-state index in [2.05, 4.69) is 15.5 Å². The Morgan fingerprint density at radius 2 is 2.04 bits per heavy atom. The molecule has 1 aromatic heterocycles. The van der Waals surface area contributed by atoms with Crippen molar-refractivity contribution in [3.05, 3.63) is 29.8 Å². The summed E-state index contributed by atoms with van der Waals surface area (Å²) in [4.78, 5) is 12.0. The van der Waals surface area contributed by atoms with Crippen LogP contribution in [0.2, 0.25) is 0 Å². The van der Waals surface area contributed by atoms with Crippen LogP contribution >= 0.6 is 11.8 Å². The van der Waals surface area contributed by atoms with Gasteiger partial charge >= 0.3 is 6.18 Å². The number of thioether (sulfide) groups is 1. The average Bonchev–Trinajstić information content (AvgIpc) is 3.28. The van der Waals surface area contributed by atoms with Crippen LogP contribution in [0.25, 0.3) is 0 Å². The summed E-state index contributed by atoms with van der Waals surface area (Å²) in [6.45, 7) is 0. The number of carbonyl (C=O) groups is 1. The number of anilines is 2. The molecule has 3 rings (SSSR count). The van der Waals surface area contributed by atoms with Gasteiger partial charge in [-0.3, -0.25) is 9.36 Å². The van der Waals surface area contributed by atoms with E-state index < -0.39 is 17.6 Å². The number of alkyl halides is 3. The Balaban J connectivity index is 1.65. The van der Waals surface area contributed by atoms with Crippen molar-refractivity contribution in [1.82, 2.24) is 14.8 Å². The molecular weight excluding hydrogens is 343 g/mol. The molecule has 1 fully saturated rings. The summed E-state index contributed by atoms with van der Waals surface area (Å²) < 4.78 is 40.5. The molecule has 0 spiro atoms. The molecule has 0 saturated heterocycles. The molecule has 0 bridgehead atoms. The fourth-order valence-corrected chi connectivity index (χ4v) is 3.03. The maximum absolute atomic E-state index is 12.9. The first-order valence-electron chi connectivity index (χ1n) is 7.15. The second kappa shape index (κ2) is 6.34. The van der Waals surface area contributed by atoms with E-state index in [-0.39, 0.29) is 23.4 Å². The summed E-state index contributed by atoms with van der Waals surface area (Å²) in [6.07, 6.45) is -2.58. The summed E-state index contributed by atoms with van der Waals surface area (Å²) in [6, 6.07) is 5.09. The molecule has 1 amide bonds. The molecule has 1 saturated carbocycles. The van der Waals surface area contributed by atoms with Gasteiger partial charge < -0.3 is 11.1 Å². The highest BCUT2D eigenvalue weighted by molar-refractivity contribution is 7.99. The van der Waals surface area contributed by atoms with Crippen molar-refractivity contribution in [2.24, 2.45) is 0 Å². The van der Waals surface area contributed by atoms with Gasteiger partial charge in [-0.15, -0.1) is 10.2 Å². The lowest BCUT2D eigenvalue weighted by molar-refractivity contribution is -0.137. The van der Waals surface area contributed by atoms with Gasteiger partial charge in [0.15, 0.2) is 5.16 Å². The zero-order valence-electron chi connectivity index (χ0n) is 12.4. The van der Waals surface area contributed by atoms with Crippen LogP contribution in [-0.2, 0) is 11.0 Å². The molecular formula is C14H14F3N5OS. The molecule has 0 atom stereocenters. The third kappa shape index (κ3) is 3.64. The van der Waals surface area contributed by atoms with Crippen LogP contribution in [0.1, 0.15) is 24.4 Å². The number of nitrogens with two attached hydrogens (primary N) is 1. The van der Waals surface area contributed by atoms with Crippen molar-refractivity contribution in [3.8, 4) is 0 Å². The van der Waals surface area contributed by atoms with Gasteiger partial charge in [0.2, 0.25) is 11.9 Å². The number of carbonyl (C=O) groups excluding carboxylic acids is 1. The van der Waals surface area contributed by atoms with Crippen molar-refractivity contribution in [2.45, 2.75) is 30.2 Å². The highest BCUT2D eigenvalue weighted by Gasteiger charge is 2.33.